The summed E-state index contributed by atoms with van der Waals surface area (Å²) in [5.74, 6) is 1.95. The maximum atomic E-state index is 4.73. The summed E-state index contributed by atoms with van der Waals surface area (Å²) in [5, 5.41) is 3.42. The topological polar surface area (TPSA) is 29.9 Å². The van der Waals surface area contributed by atoms with Gasteiger partial charge in [0.2, 0.25) is 5.95 Å². The third-order valence-corrected chi connectivity index (χ3v) is 4.05. The molecule has 1 saturated carbocycles. The average Bonchev–Trinajstić information content (AvgIpc) is 3.17. The van der Waals surface area contributed by atoms with E-state index < -0.39 is 0 Å². The molecular formula is C15H17N3. The lowest BCUT2D eigenvalue weighted by Gasteiger charge is -2.25. The zero-order valence-corrected chi connectivity index (χ0v) is 10.3. The summed E-state index contributed by atoms with van der Waals surface area (Å²) in [4.78, 5) is 4.73. The highest BCUT2D eigenvalue weighted by molar-refractivity contribution is 5.60. The standard InChI is InChI=1S/C15H17N3/c1-2-4-11(5-3-1)13-10-18-14(12-6-7-12)8-9-16-15(18)17-13/h1-5,10,12,14H,6-9H2,(H,16,17). The number of anilines is 1. The van der Waals surface area contributed by atoms with Gasteiger partial charge in [0.15, 0.2) is 0 Å². The van der Waals surface area contributed by atoms with Gasteiger partial charge in [0.25, 0.3) is 0 Å². The molecule has 4 rings (SSSR count). The molecule has 1 N–H and O–H groups in total. The quantitative estimate of drug-likeness (QED) is 0.871. The van der Waals surface area contributed by atoms with Crippen molar-refractivity contribution in [1.82, 2.24) is 9.55 Å². The number of fused-ring (bicyclic) bond motifs is 1. The summed E-state index contributed by atoms with van der Waals surface area (Å²) < 4.78 is 2.36. The monoisotopic (exact) mass is 239 g/mol. The van der Waals surface area contributed by atoms with Gasteiger partial charge in [-0.3, -0.25) is 0 Å². The molecule has 0 amide bonds. The number of aromatic nitrogens is 2. The molecule has 1 aromatic carbocycles. The summed E-state index contributed by atoms with van der Waals surface area (Å²) >= 11 is 0. The molecule has 18 heavy (non-hydrogen) atoms. The molecule has 2 heterocycles. The van der Waals surface area contributed by atoms with Crippen LogP contribution >= 0.6 is 0 Å². The third kappa shape index (κ3) is 1.62. The first-order valence-corrected chi connectivity index (χ1v) is 6.80. The van der Waals surface area contributed by atoms with E-state index in [0.717, 1.165) is 24.1 Å². The van der Waals surface area contributed by atoms with E-state index >= 15 is 0 Å². The van der Waals surface area contributed by atoms with Crippen LogP contribution in [-0.4, -0.2) is 16.1 Å². The van der Waals surface area contributed by atoms with E-state index in [1.165, 1.54) is 24.8 Å². The van der Waals surface area contributed by atoms with Crippen LogP contribution < -0.4 is 5.32 Å². The van der Waals surface area contributed by atoms with Crippen LogP contribution in [0.25, 0.3) is 11.3 Å². The third-order valence-electron chi connectivity index (χ3n) is 4.05. The number of nitrogens with zero attached hydrogens (tertiary/aromatic N) is 2. The molecular weight excluding hydrogens is 222 g/mol. The molecule has 0 saturated heterocycles. The van der Waals surface area contributed by atoms with Crippen molar-refractivity contribution in [2.45, 2.75) is 25.3 Å². The Morgan fingerprint density at radius 2 is 1.94 bits per heavy atom. The number of imidazole rings is 1. The average molecular weight is 239 g/mol. The van der Waals surface area contributed by atoms with Crippen molar-refractivity contribution in [3.63, 3.8) is 0 Å². The molecule has 0 radical (unpaired) electrons. The van der Waals surface area contributed by atoms with E-state index in [1.807, 2.05) is 6.07 Å². The Balaban J connectivity index is 1.75. The minimum Gasteiger partial charge on any atom is -0.356 e. The zero-order chi connectivity index (χ0) is 11.9. The van der Waals surface area contributed by atoms with Crippen LogP contribution in [0.15, 0.2) is 36.5 Å². The van der Waals surface area contributed by atoms with Crippen molar-refractivity contribution in [2.75, 3.05) is 11.9 Å². The maximum absolute atomic E-state index is 4.73. The van der Waals surface area contributed by atoms with E-state index in [1.54, 1.807) is 0 Å². The Morgan fingerprint density at radius 3 is 2.72 bits per heavy atom. The molecule has 3 nitrogen and oxygen atoms in total. The lowest BCUT2D eigenvalue weighted by Crippen LogP contribution is -2.23. The summed E-state index contributed by atoms with van der Waals surface area (Å²) in [7, 11) is 0. The number of hydrogen-bond acceptors (Lipinski definition) is 2. The van der Waals surface area contributed by atoms with Crippen LogP contribution in [0, 0.1) is 5.92 Å². The molecule has 1 unspecified atom stereocenters. The second kappa shape index (κ2) is 3.87. The number of benzene rings is 1. The summed E-state index contributed by atoms with van der Waals surface area (Å²) in [5.41, 5.74) is 2.29. The molecule has 92 valence electrons. The van der Waals surface area contributed by atoms with Crippen molar-refractivity contribution in [3.05, 3.63) is 36.5 Å². The Kier molecular flexibility index (Phi) is 2.19. The lowest BCUT2D eigenvalue weighted by molar-refractivity contribution is 0.410. The molecule has 1 atom stereocenters. The number of rotatable bonds is 2. The maximum Gasteiger partial charge on any atom is 0.203 e. The van der Waals surface area contributed by atoms with Gasteiger partial charge in [-0.05, 0) is 25.2 Å². The van der Waals surface area contributed by atoms with Crippen molar-refractivity contribution in [3.8, 4) is 11.3 Å². The molecule has 1 aliphatic carbocycles. The fourth-order valence-electron chi connectivity index (χ4n) is 2.94. The minimum absolute atomic E-state index is 0.672. The van der Waals surface area contributed by atoms with Crippen LogP contribution in [0.5, 0.6) is 0 Å². The van der Waals surface area contributed by atoms with Crippen LogP contribution in [0.1, 0.15) is 25.3 Å². The van der Waals surface area contributed by atoms with Gasteiger partial charge in [-0.25, -0.2) is 4.98 Å². The first-order chi connectivity index (χ1) is 8.92. The van der Waals surface area contributed by atoms with E-state index in [9.17, 15) is 0 Å². The number of hydrogen-bond donors (Lipinski definition) is 1. The predicted octanol–water partition coefficient (Wildman–Crippen LogP) is 3.32. The molecule has 2 aliphatic rings. The Hall–Kier alpha value is -1.77. The van der Waals surface area contributed by atoms with Gasteiger partial charge in [0, 0.05) is 24.3 Å². The molecule has 1 aromatic heterocycles. The van der Waals surface area contributed by atoms with E-state index in [2.05, 4.69) is 40.3 Å². The molecule has 1 aliphatic heterocycles. The van der Waals surface area contributed by atoms with Gasteiger partial charge in [0.1, 0.15) is 0 Å². The van der Waals surface area contributed by atoms with Gasteiger partial charge in [-0.15, -0.1) is 0 Å². The lowest BCUT2D eigenvalue weighted by atomic mass is 10.1. The second-order valence-corrected chi connectivity index (χ2v) is 5.34. The van der Waals surface area contributed by atoms with Crippen molar-refractivity contribution < 1.29 is 0 Å². The summed E-state index contributed by atoms with van der Waals surface area (Å²) in [6.45, 7) is 1.06. The van der Waals surface area contributed by atoms with Crippen LogP contribution in [0.4, 0.5) is 5.95 Å². The van der Waals surface area contributed by atoms with Gasteiger partial charge < -0.3 is 9.88 Å². The highest BCUT2D eigenvalue weighted by Crippen LogP contribution is 2.44. The van der Waals surface area contributed by atoms with Gasteiger partial charge in [-0.1, -0.05) is 30.3 Å². The fourth-order valence-corrected chi connectivity index (χ4v) is 2.94. The largest absolute Gasteiger partial charge is 0.356 e. The molecule has 2 aromatic rings. The van der Waals surface area contributed by atoms with Crippen LogP contribution in [0.2, 0.25) is 0 Å². The molecule has 0 spiro atoms. The number of nitrogens with one attached hydrogen (secondary N) is 1. The SMILES string of the molecule is c1ccc(-c2cn3c(n2)NCCC3C2CC2)cc1. The normalized spacial score (nSPS) is 22.3. The Bertz CT molecular complexity index is 554. The van der Waals surface area contributed by atoms with Crippen molar-refractivity contribution >= 4 is 5.95 Å². The highest BCUT2D eigenvalue weighted by Gasteiger charge is 2.35. The van der Waals surface area contributed by atoms with Gasteiger partial charge >= 0.3 is 0 Å². The Morgan fingerprint density at radius 1 is 1.11 bits per heavy atom. The van der Waals surface area contributed by atoms with Crippen molar-refractivity contribution in [2.24, 2.45) is 5.92 Å². The first kappa shape index (κ1) is 10.2. The molecule has 0 bridgehead atoms. The smallest absolute Gasteiger partial charge is 0.203 e. The highest BCUT2D eigenvalue weighted by atomic mass is 15.2. The fraction of sp³-hybridized carbons (Fsp3) is 0.400. The van der Waals surface area contributed by atoms with Crippen molar-refractivity contribution in [1.29, 1.82) is 0 Å². The molecule has 3 heteroatoms. The van der Waals surface area contributed by atoms with E-state index in [4.69, 9.17) is 4.98 Å². The summed E-state index contributed by atoms with van der Waals surface area (Å²) in [6, 6.07) is 11.1. The van der Waals surface area contributed by atoms with Crippen LogP contribution in [0.3, 0.4) is 0 Å². The summed E-state index contributed by atoms with van der Waals surface area (Å²) in [6.07, 6.45) is 6.24. The first-order valence-electron chi connectivity index (χ1n) is 6.80. The Labute approximate surface area is 107 Å². The van der Waals surface area contributed by atoms with Gasteiger partial charge in [-0.2, -0.15) is 0 Å². The van der Waals surface area contributed by atoms with E-state index in [-0.39, 0.29) is 0 Å². The predicted molar refractivity (Wildman–Crippen MR) is 72.5 cm³/mol. The van der Waals surface area contributed by atoms with Crippen LogP contribution in [-0.2, 0) is 0 Å². The van der Waals surface area contributed by atoms with E-state index in [0.29, 0.717) is 6.04 Å². The molecule has 1 fully saturated rings. The van der Waals surface area contributed by atoms with Gasteiger partial charge in [0.05, 0.1) is 5.69 Å². The zero-order valence-electron chi connectivity index (χ0n) is 10.3. The second-order valence-electron chi connectivity index (χ2n) is 5.34. The minimum atomic E-state index is 0.672.